The van der Waals surface area contributed by atoms with Gasteiger partial charge in [0.25, 0.3) is 0 Å². The van der Waals surface area contributed by atoms with E-state index in [9.17, 15) is 9.90 Å². The minimum Gasteiger partial charge on any atom is -0.465 e. The quantitative estimate of drug-likeness (QED) is 0.823. The number of rotatable bonds is 1. The van der Waals surface area contributed by atoms with Crippen LogP contribution in [0.4, 0.5) is 4.79 Å². The number of hydrogen-bond donors (Lipinski definition) is 2. The number of benzene rings is 1. The van der Waals surface area contributed by atoms with Crippen LogP contribution in [0.15, 0.2) is 28.7 Å². The first kappa shape index (κ1) is 15.3. The molecule has 1 heterocycles. The highest BCUT2D eigenvalue weighted by molar-refractivity contribution is 9.10. The van der Waals surface area contributed by atoms with Gasteiger partial charge in [-0.25, -0.2) is 4.79 Å². The number of likely N-dealkylation sites (tertiary alicyclic amines) is 1. The van der Waals surface area contributed by atoms with E-state index in [2.05, 4.69) is 36.7 Å². The standard InChI is InChI=1S/C15H21BrN2O2/c1-14(2,3)12-8-15(17,9-18(12)13(19)20)10-4-6-11(16)7-5-10/h4-7,12H,8-9,17H2,1-3H3,(H,19,20). The van der Waals surface area contributed by atoms with Gasteiger partial charge in [0.15, 0.2) is 0 Å². The Morgan fingerprint density at radius 2 is 1.95 bits per heavy atom. The largest absolute Gasteiger partial charge is 0.465 e. The molecule has 0 spiro atoms. The van der Waals surface area contributed by atoms with Gasteiger partial charge in [0.05, 0.1) is 5.54 Å². The van der Waals surface area contributed by atoms with Crippen molar-refractivity contribution in [3.63, 3.8) is 0 Å². The van der Waals surface area contributed by atoms with Gasteiger partial charge in [0.2, 0.25) is 0 Å². The summed E-state index contributed by atoms with van der Waals surface area (Å²) in [5.41, 5.74) is 6.77. The normalized spacial score (nSPS) is 26.9. The molecule has 1 aromatic carbocycles. The van der Waals surface area contributed by atoms with Gasteiger partial charge in [-0.2, -0.15) is 0 Å². The zero-order valence-corrected chi connectivity index (χ0v) is 13.6. The van der Waals surface area contributed by atoms with E-state index in [4.69, 9.17) is 5.73 Å². The summed E-state index contributed by atoms with van der Waals surface area (Å²) in [5.74, 6) is 0. The smallest absolute Gasteiger partial charge is 0.407 e. The van der Waals surface area contributed by atoms with Crippen LogP contribution in [0, 0.1) is 5.41 Å². The van der Waals surface area contributed by atoms with Crippen molar-refractivity contribution in [3.8, 4) is 0 Å². The van der Waals surface area contributed by atoms with E-state index >= 15 is 0 Å². The zero-order valence-electron chi connectivity index (χ0n) is 12.1. The van der Waals surface area contributed by atoms with Crippen LogP contribution in [0.3, 0.4) is 0 Å². The molecular weight excluding hydrogens is 320 g/mol. The van der Waals surface area contributed by atoms with Crippen LogP contribution < -0.4 is 5.73 Å². The average molecular weight is 341 g/mol. The highest BCUT2D eigenvalue weighted by Gasteiger charge is 2.48. The molecule has 0 aliphatic carbocycles. The Labute approximate surface area is 128 Å². The van der Waals surface area contributed by atoms with Gasteiger partial charge in [-0.1, -0.05) is 48.8 Å². The second kappa shape index (κ2) is 5.04. The molecule has 1 fully saturated rings. The molecular formula is C15H21BrN2O2. The first-order chi connectivity index (χ1) is 9.13. The zero-order chi connectivity index (χ0) is 15.1. The molecule has 0 saturated carbocycles. The average Bonchev–Trinajstić information content (AvgIpc) is 2.69. The summed E-state index contributed by atoms with van der Waals surface area (Å²) >= 11 is 3.41. The van der Waals surface area contributed by atoms with Crippen molar-refractivity contribution >= 4 is 22.0 Å². The SMILES string of the molecule is CC(C)(C)C1CC(N)(c2ccc(Br)cc2)CN1C(=O)O. The van der Waals surface area contributed by atoms with Crippen LogP contribution in [0.1, 0.15) is 32.8 Å². The van der Waals surface area contributed by atoms with Crippen LogP contribution in [-0.4, -0.2) is 28.7 Å². The Morgan fingerprint density at radius 3 is 2.35 bits per heavy atom. The highest BCUT2D eigenvalue weighted by Crippen LogP contribution is 2.41. The topological polar surface area (TPSA) is 66.6 Å². The fraction of sp³-hybridized carbons (Fsp3) is 0.533. The van der Waals surface area contributed by atoms with Gasteiger partial charge in [0, 0.05) is 17.1 Å². The Bertz CT molecular complexity index is 510. The van der Waals surface area contributed by atoms with E-state index in [1.165, 1.54) is 4.90 Å². The summed E-state index contributed by atoms with van der Waals surface area (Å²) < 4.78 is 0.991. The van der Waals surface area contributed by atoms with Crippen molar-refractivity contribution in [2.24, 2.45) is 11.1 Å². The summed E-state index contributed by atoms with van der Waals surface area (Å²) in [7, 11) is 0. The molecule has 0 radical (unpaired) electrons. The molecule has 110 valence electrons. The van der Waals surface area contributed by atoms with E-state index in [0.717, 1.165) is 10.0 Å². The molecule has 2 atom stereocenters. The van der Waals surface area contributed by atoms with Gasteiger partial charge in [-0.05, 0) is 29.5 Å². The summed E-state index contributed by atoms with van der Waals surface area (Å²) in [4.78, 5) is 13.0. The molecule has 1 saturated heterocycles. The summed E-state index contributed by atoms with van der Waals surface area (Å²) in [6.45, 7) is 6.51. The van der Waals surface area contributed by atoms with E-state index in [1.807, 2.05) is 24.3 Å². The molecule has 1 amide bonds. The van der Waals surface area contributed by atoms with Crippen molar-refractivity contribution in [2.75, 3.05) is 6.54 Å². The third-order valence-corrected chi connectivity index (χ3v) is 4.58. The van der Waals surface area contributed by atoms with Crippen LogP contribution in [0.25, 0.3) is 0 Å². The Hall–Kier alpha value is -1.07. The summed E-state index contributed by atoms with van der Waals surface area (Å²) in [6.07, 6.45) is -0.251. The van der Waals surface area contributed by atoms with Crippen LogP contribution in [0.5, 0.6) is 0 Å². The lowest BCUT2D eigenvalue weighted by Gasteiger charge is -2.33. The van der Waals surface area contributed by atoms with E-state index in [-0.39, 0.29) is 11.5 Å². The van der Waals surface area contributed by atoms with E-state index < -0.39 is 11.6 Å². The molecule has 1 aromatic rings. The number of nitrogens with zero attached hydrogens (tertiary/aromatic N) is 1. The first-order valence-electron chi connectivity index (χ1n) is 6.68. The van der Waals surface area contributed by atoms with Crippen molar-refractivity contribution < 1.29 is 9.90 Å². The lowest BCUT2D eigenvalue weighted by atomic mass is 9.80. The number of hydrogen-bond acceptors (Lipinski definition) is 2. The molecule has 1 aliphatic rings. The molecule has 2 unspecified atom stereocenters. The maximum atomic E-state index is 11.5. The third kappa shape index (κ3) is 2.83. The maximum absolute atomic E-state index is 11.5. The Morgan fingerprint density at radius 1 is 1.40 bits per heavy atom. The van der Waals surface area contributed by atoms with Crippen LogP contribution in [0.2, 0.25) is 0 Å². The second-order valence-corrected chi connectivity index (χ2v) is 7.58. The molecule has 5 heteroatoms. The minimum absolute atomic E-state index is 0.0753. The monoisotopic (exact) mass is 340 g/mol. The van der Waals surface area contributed by atoms with Crippen molar-refractivity contribution in [3.05, 3.63) is 34.3 Å². The second-order valence-electron chi connectivity index (χ2n) is 6.66. The lowest BCUT2D eigenvalue weighted by molar-refractivity contribution is 0.106. The number of carbonyl (C=O) groups is 1. The van der Waals surface area contributed by atoms with Gasteiger partial charge < -0.3 is 15.7 Å². The lowest BCUT2D eigenvalue weighted by Crippen LogP contribution is -2.43. The van der Waals surface area contributed by atoms with Crippen molar-refractivity contribution in [1.29, 1.82) is 0 Å². The van der Waals surface area contributed by atoms with Gasteiger partial charge in [-0.3, -0.25) is 0 Å². The van der Waals surface area contributed by atoms with Gasteiger partial charge in [-0.15, -0.1) is 0 Å². The number of carboxylic acid groups (broad SMARTS) is 1. The first-order valence-corrected chi connectivity index (χ1v) is 7.47. The fourth-order valence-corrected chi connectivity index (χ4v) is 3.16. The number of amides is 1. The predicted molar refractivity (Wildman–Crippen MR) is 82.6 cm³/mol. The molecule has 2 rings (SSSR count). The molecule has 0 aromatic heterocycles. The van der Waals surface area contributed by atoms with Gasteiger partial charge in [0.1, 0.15) is 0 Å². The number of nitrogens with two attached hydrogens (primary N) is 1. The third-order valence-electron chi connectivity index (χ3n) is 4.05. The molecule has 0 bridgehead atoms. The summed E-state index contributed by atoms with van der Waals surface area (Å²) in [5, 5.41) is 9.43. The van der Waals surface area contributed by atoms with Crippen molar-refractivity contribution in [2.45, 2.75) is 38.8 Å². The van der Waals surface area contributed by atoms with Crippen LogP contribution in [-0.2, 0) is 5.54 Å². The molecule has 1 aliphatic heterocycles. The minimum atomic E-state index is -0.894. The van der Waals surface area contributed by atoms with Crippen molar-refractivity contribution in [1.82, 2.24) is 4.90 Å². The Balaban J connectivity index is 2.35. The fourth-order valence-electron chi connectivity index (χ4n) is 2.90. The molecule has 4 nitrogen and oxygen atoms in total. The molecule has 3 N–H and O–H groups in total. The van der Waals surface area contributed by atoms with E-state index in [1.54, 1.807) is 0 Å². The summed E-state index contributed by atoms with van der Waals surface area (Å²) in [6, 6.07) is 7.75. The van der Waals surface area contributed by atoms with Crippen LogP contribution >= 0.6 is 15.9 Å². The highest BCUT2D eigenvalue weighted by atomic mass is 79.9. The van der Waals surface area contributed by atoms with Gasteiger partial charge >= 0.3 is 6.09 Å². The predicted octanol–water partition coefficient (Wildman–Crippen LogP) is 3.40. The number of halogens is 1. The Kier molecular flexibility index (Phi) is 3.86. The maximum Gasteiger partial charge on any atom is 0.407 e. The van der Waals surface area contributed by atoms with E-state index in [0.29, 0.717) is 13.0 Å². The molecule has 20 heavy (non-hydrogen) atoms.